The number of nitrogens with one attached hydrogen (secondary N) is 1. The third-order valence-electron chi connectivity index (χ3n) is 4.43. The van der Waals surface area contributed by atoms with E-state index in [1.807, 2.05) is 37.8 Å². The second kappa shape index (κ2) is 8.30. The molecule has 0 unspecified atom stereocenters. The summed E-state index contributed by atoms with van der Waals surface area (Å²) in [5.74, 6) is 1.30. The van der Waals surface area contributed by atoms with Crippen molar-refractivity contribution in [1.82, 2.24) is 15.1 Å². The van der Waals surface area contributed by atoms with E-state index in [1.165, 1.54) is 0 Å². The van der Waals surface area contributed by atoms with Crippen LogP contribution in [0.25, 0.3) is 0 Å². The summed E-state index contributed by atoms with van der Waals surface area (Å²) in [4.78, 5) is 28.1. The van der Waals surface area contributed by atoms with Crippen LogP contribution in [0.15, 0.2) is 16.5 Å². The predicted molar refractivity (Wildman–Crippen MR) is 89.2 cm³/mol. The van der Waals surface area contributed by atoms with Gasteiger partial charge >= 0.3 is 0 Å². The number of nitrogens with zero attached hydrogens (tertiary/aromatic N) is 2. The van der Waals surface area contributed by atoms with E-state index in [9.17, 15) is 9.59 Å². The fourth-order valence-corrected chi connectivity index (χ4v) is 3.23. The number of rotatable bonds is 7. The largest absolute Gasteiger partial charge is 0.465 e. The molecule has 2 rings (SSSR count). The van der Waals surface area contributed by atoms with Crippen LogP contribution >= 0.6 is 0 Å². The van der Waals surface area contributed by atoms with Gasteiger partial charge in [0.15, 0.2) is 0 Å². The molecule has 7 nitrogen and oxygen atoms in total. The van der Waals surface area contributed by atoms with Gasteiger partial charge in [0.1, 0.15) is 18.1 Å². The quantitative estimate of drug-likeness (QED) is 0.757. The average Bonchev–Trinajstić information content (AvgIpc) is 3.14. The Morgan fingerprint density at radius 1 is 1.38 bits per heavy atom. The number of furan rings is 1. The number of aryl methyl sites for hydroxylation is 1. The van der Waals surface area contributed by atoms with E-state index in [0.717, 1.165) is 11.5 Å². The maximum atomic E-state index is 12.8. The Morgan fingerprint density at radius 2 is 2.08 bits per heavy atom. The van der Waals surface area contributed by atoms with E-state index in [0.29, 0.717) is 32.6 Å². The van der Waals surface area contributed by atoms with Crippen LogP contribution < -0.4 is 5.32 Å². The van der Waals surface area contributed by atoms with Gasteiger partial charge in [0.05, 0.1) is 12.6 Å². The maximum Gasteiger partial charge on any atom is 0.245 e. The standard InChI is InChI=1S/C17H27N3O4/c1-4-19(5-2)17(23)15-8-13(18-16(22)11-21)9-20(15)10-14-7-6-12(3)24-14/h6-7,13,15,21H,4-5,8-11H2,1-3H3,(H,18,22)/t13-,15+/m1/s1. The van der Waals surface area contributed by atoms with Gasteiger partial charge in [-0.05, 0) is 39.3 Å². The first-order valence-electron chi connectivity index (χ1n) is 8.46. The van der Waals surface area contributed by atoms with Gasteiger partial charge in [-0.1, -0.05) is 0 Å². The molecule has 7 heteroatoms. The van der Waals surface area contributed by atoms with Crippen molar-refractivity contribution < 1.29 is 19.1 Å². The van der Waals surface area contributed by atoms with E-state index >= 15 is 0 Å². The van der Waals surface area contributed by atoms with Gasteiger partial charge < -0.3 is 19.7 Å². The molecule has 0 radical (unpaired) electrons. The lowest BCUT2D eigenvalue weighted by Gasteiger charge is -2.28. The van der Waals surface area contributed by atoms with E-state index in [-0.39, 0.29) is 18.0 Å². The van der Waals surface area contributed by atoms with Crippen LogP contribution in [0.2, 0.25) is 0 Å². The molecule has 1 aliphatic heterocycles. The van der Waals surface area contributed by atoms with Crippen molar-refractivity contribution in [3.8, 4) is 0 Å². The normalized spacial score (nSPS) is 21.0. The zero-order chi connectivity index (χ0) is 17.7. The SMILES string of the molecule is CCN(CC)C(=O)[C@@H]1C[C@@H](NC(=O)CO)CN1Cc1ccc(C)o1. The van der Waals surface area contributed by atoms with E-state index in [1.54, 1.807) is 4.90 Å². The molecule has 2 atom stereocenters. The highest BCUT2D eigenvalue weighted by molar-refractivity contribution is 5.83. The molecule has 0 bridgehead atoms. The Kier molecular flexibility index (Phi) is 6.39. The number of likely N-dealkylation sites (N-methyl/N-ethyl adjacent to an activating group) is 1. The van der Waals surface area contributed by atoms with E-state index in [4.69, 9.17) is 9.52 Å². The molecule has 134 valence electrons. The van der Waals surface area contributed by atoms with Crippen LogP contribution in [-0.2, 0) is 16.1 Å². The van der Waals surface area contributed by atoms with Crippen molar-refractivity contribution in [2.75, 3.05) is 26.2 Å². The summed E-state index contributed by atoms with van der Waals surface area (Å²) in [5.41, 5.74) is 0. The highest BCUT2D eigenvalue weighted by Gasteiger charge is 2.39. The lowest BCUT2D eigenvalue weighted by atomic mass is 10.1. The maximum absolute atomic E-state index is 12.8. The molecule has 24 heavy (non-hydrogen) atoms. The Morgan fingerprint density at radius 3 is 2.62 bits per heavy atom. The summed E-state index contributed by atoms with van der Waals surface area (Å²) in [6, 6.07) is 3.37. The van der Waals surface area contributed by atoms with Crippen LogP contribution in [0.1, 0.15) is 31.8 Å². The summed E-state index contributed by atoms with van der Waals surface area (Å²) in [7, 11) is 0. The first kappa shape index (κ1) is 18.5. The van der Waals surface area contributed by atoms with Gasteiger partial charge in [-0.15, -0.1) is 0 Å². The molecule has 2 amide bonds. The molecule has 2 N–H and O–H groups in total. The lowest BCUT2D eigenvalue weighted by molar-refractivity contribution is -0.136. The zero-order valence-electron chi connectivity index (χ0n) is 14.6. The first-order chi connectivity index (χ1) is 11.5. The van der Waals surface area contributed by atoms with E-state index in [2.05, 4.69) is 5.32 Å². The molecule has 1 saturated heterocycles. The molecule has 1 aliphatic rings. The Labute approximate surface area is 142 Å². The smallest absolute Gasteiger partial charge is 0.245 e. The van der Waals surface area contributed by atoms with Crippen LogP contribution in [-0.4, -0.2) is 65.0 Å². The average molecular weight is 337 g/mol. The zero-order valence-corrected chi connectivity index (χ0v) is 14.6. The van der Waals surface area contributed by atoms with Crippen LogP contribution in [0, 0.1) is 6.92 Å². The molecular formula is C17H27N3O4. The highest BCUT2D eigenvalue weighted by atomic mass is 16.3. The number of hydrogen-bond acceptors (Lipinski definition) is 5. The minimum atomic E-state index is -0.539. The number of carbonyl (C=O) groups excluding carboxylic acids is 2. The third-order valence-corrected chi connectivity index (χ3v) is 4.43. The molecule has 0 spiro atoms. The fourth-order valence-electron chi connectivity index (χ4n) is 3.23. The Hall–Kier alpha value is -1.86. The molecule has 0 aromatic carbocycles. The summed E-state index contributed by atoms with van der Waals surface area (Å²) in [6.07, 6.45) is 0.542. The Balaban J connectivity index is 2.12. The van der Waals surface area contributed by atoms with Crippen LogP contribution in [0.4, 0.5) is 0 Å². The second-order valence-electron chi connectivity index (χ2n) is 6.13. The minimum absolute atomic E-state index is 0.0732. The van der Waals surface area contributed by atoms with Gasteiger partial charge in [-0.3, -0.25) is 14.5 Å². The number of amides is 2. The monoisotopic (exact) mass is 337 g/mol. The summed E-state index contributed by atoms with van der Waals surface area (Å²) >= 11 is 0. The Bertz CT molecular complexity index is 568. The molecule has 0 saturated carbocycles. The molecule has 0 aliphatic carbocycles. The van der Waals surface area contributed by atoms with Gasteiger partial charge in [0, 0.05) is 25.7 Å². The number of carbonyl (C=O) groups is 2. The van der Waals surface area contributed by atoms with Crippen molar-refractivity contribution in [1.29, 1.82) is 0 Å². The summed E-state index contributed by atoms with van der Waals surface area (Å²) in [6.45, 7) is 7.67. The number of aliphatic hydroxyl groups is 1. The second-order valence-corrected chi connectivity index (χ2v) is 6.13. The van der Waals surface area contributed by atoms with Gasteiger partial charge in [0.25, 0.3) is 0 Å². The van der Waals surface area contributed by atoms with Crippen LogP contribution in [0.3, 0.4) is 0 Å². The lowest BCUT2D eigenvalue weighted by Crippen LogP contribution is -2.45. The summed E-state index contributed by atoms with van der Waals surface area (Å²) in [5, 5.41) is 11.7. The molecule has 1 aromatic rings. The molecule has 1 aromatic heterocycles. The molecular weight excluding hydrogens is 310 g/mol. The third kappa shape index (κ3) is 4.36. The topological polar surface area (TPSA) is 86.0 Å². The van der Waals surface area contributed by atoms with Gasteiger partial charge in [0.2, 0.25) is 11.8 Å². The number of aliphatic hydroxyl groups excluding tert-OH is 1. The predicted octanol–water partition coefficient (Wildman–Crippen LogP) is 0.508. The van der Waals surface area contributed by atoms with Crippen LogP contribution in [0.5, 0.6) is 0 Å². The molecule has 1 fully saturated rings. The van der Waals surface area contributed by atoms with Crippen molar-refractivity contribution >= 4 is 11.8 Å². The highest BCUT2D eigenvalue weighted by Crippen LogP contribution is 2.23. The fraction of sp³-hybridized carbons (Fsp3) is 0.647. The number of hydrogen-bond donors (Lipinski definition) is 2. The van der Waals surface area contributed by atoms with Crippen molar-refractivity contribution in [3.05, 3.63) is 23.7 Å². The van der Waals surface area contributed by atoms with Gasteiger partial charge in [-0.2, -0.15) is 0 Å². The molecule has 2 heterocycles. The van der Waals surface area contributed by atoms with Crippen molar-refractivity contribution in [2.24, 2.45) is 0 Å². The van der Waals surface area contributed by atoms with Gasteiger partial charge in [-0.25, -0.2) is 0 Å². The summed E-state index contributed by atoms with van der Waals surface area (Å²) < 4.78 is 5.63. The van der Waals surface area contributed by atoms with Crippen molar-refractivity contribution in [3.63, 3.8) is 0 Å². The van der Waals surface area contributed by atoms with E-state index < -0.39 is 12.5 Å². The van der Waals surface area contributed by atoms with Crippen molar-refractivity contribution in [2.45, 2.75) is 45.8 Å². The minimum Gasteiger partial charge on any atom is -0.465 e. The number of likely N-dealkylation sites (tertiary alicyclic amines) is 1. The first-order valence-corrected chi connectivity index (χ1v) is 8.46.